The van der Waals surface area contributed by atoms with Gasteiger partial charge in [-0.05, 0) is 38.1 Å². The standard InChI is InChI=1S/C16H15N5O/c1-11-9-12(2)20-16(19-11)22-14-6-3-5-13(10-14)21-15-17-7-4-8-18-15/h3-10H,1-2H3,(H,17,18,21). The second kappa shape index (κ2) is 6.17. The van der Waals surface area contributed by atoms with Gasteiger partial charge in [-0.25, -0.2) is 19.9 Å². The van der Waals surface area contributed by atoms with Crippen LogP contribution in [0.4, 0.5) is 11.6 Å². The fourth-order valence-corrected chi connectivity index (χ4v) is 1.97. The molecule has 0 saturated heterocycles. The highest BCUT2D eigenvalue weighted by atomic mass is 16.5. The molecule has 0 aliphatic carbocycles. The fourth-order valence-electron chi connectivity index (χ4n) is 1.97. The molecule has 1 N–H and O–H groups in total. The maximum atomic E-state index is 5.72. The number of aromatic nitrogens is 4. The zero-order chi connectivity index (χ0) is 15.4. The number of benzene rings is 1. The number of nitrogens with one attached hydrogen (secondary N) is 1. The lowest BCUT2D eigenvalue weighted by molar-refractivity contribution is 0.439. The third kappa shape index (κ3) is 3.54. The van der Waals surface area contributed by atoms with E-state index in [1.54, 1.807) is 18.5 Å². The van der Waals surface area contributed by atoms with Gasteiger partial charge in [0.25, 0.3) is 0 Å². The summed E-state index contributed by atoms with van der Waals surface area (Å²) in [5, 5.41) is 3.11. The normalized spacial score (nSPS) is 10.3. The van der Waals surface area contributed by atoms with E-state index in [0.717, 1.165) is 17.1 Å². The highest BCUT2D eigenvalue weighted by Gasteiger charge is 2.04. The maximum absolute atomic E-state index is 5.72. The van der Waals surface area contributed by atoms with Crippen molar-refractivity contribution < 1.29 is 4.74 Å². The number of aryl methyl sites for hydroxylation is 2. The van der Waals surface area contributed by atoms with Gasteiger partial charge in [-0.15, -0.1) is 0 Å². The first kappa shape index (κ1) is 13.9. The lowest BCUT2D eigenvalue weighted by Gasteiger charge is -2.08. The molecule has 2 heterocycles. The molecule has 0 aliphatic heterocycles. The van der Waals surface area contributed by atoms with Gasteiger partial charge in [0.15, 0.2) is 0 Å². The van der Waals surface area contributed by atoms with Crippen molar-refractivity contribution >= 4 is 11.6 Å². The van der Waals surface area contributed by atoms with Crippen LogP contribution in [0.1, 0.15) is 11.4 Å². The van der Waals surface area contributed by atoms with Crippen molar-refractivity contribution in [2.45, 2.75) is 13.8 Å². The molecule has 6 heteroatoms. The van der Waals surface area contributed by atoms with Crippen LogP contribution < -0.4 is 10.1 Å². The van der Waals surface area contributed by atoms with Crippen molar-refractivity contribution in [3.8, 4) is 11.8 Å². The minimum atomic E-state index is 0.339. The number of hydrogen-bond acceptors (Lipinski definition) is 6. The van der Waals surface area contributed by atoms with Crippen LogP contribution in [0, 0.1) is 13.8 Å². The van der Waals surface area contributed by atoms with Crippen molar-refractivity contribution in [1.29, 1.82) is 0 Å². The van der Waals surface area contributed by atoms with Crippen molar-refractivity contribution in [3.63, 3.8) is 0 Å². The molecule has 0 spiro atoms. The van der Waals surface area contributed by atoms with Gasteiger partial charge in [-0.1, -0.05) is 6.07 Å². The van der Waals surface area contributed by atoms with E-state index in [2.05, 4.69) is 25.3 Å². The Labute approximate surface area is 128 Å². The molecule has 0 unspecified atom stereocenters. The molecule has 0 bridgehead atoms. The summed E-state index contributed by atoms with van der Waals surface area (Å²) in [4.78, 5) is 16.8. The third-order valence-electron chi connectivity index (χ3n) is 2.83. The first-order valence-corrected chi connectivity index (χ1v) is 6.83. The quantitative estimate of drug-likeness (QED) is 0.794. The van der Waals surface area contributed by atoms with E-state index in [-0.39, 0.29) is 0 Å². The predicted octanol–water partition coefficient (Wildman–Crippen LogP) is 3.42. The molecular formula is C16H15N5O. The SMILES string of the molecule is Cc1cc(C)nc(Oc2cccc(Nc3ncccn3)c2)n1. The smallest absolute Gasteiger partial charge is 0.322 e. The van der Waals surface area contributed by atoms with Gasteiger partial charge in [0.05, 0.1) is 0 Å². The summed E-state index contributed by atoms with van der Waals surface area (Å²) in [6, 6.07) is 11.5. The summed E-state index contributed by atoms with van der Waals surface area (Å²) < 4.78 is 5.72. The maximum Gasteiger partial charge on any atom is 0.322 e. The molecule has 0 amide bonds. The van der Waals surface area contributed by atoms with Crippen molar-refractivity contribution in [3.05, 3.63) is 60.2 Å². The van der Waals surface area contributed by atoms with Crippen LogP contribution in [0.15, 0.2) is 48.8 Å². The Hall–Kier alpha value is -3.02. The monoisotopic (exact) mass is 293 g/mol. The Kier molecular flexibility index (Phi) is 3.91. The molecular weight excluding hydrogens is 278 g/mol. The van der Waals surface area contributed by atoms with E-state index in [1.165, 1.54) is 0 Å². The number of hydrogen-bond donors (Lipinski definition) is 1. The van der Waals surface area contributed by atoms with Crippen LogP contribution in [0.5, 0.6) is 11.8 Å². The summed E-state index contributed by atoms with van der Waals surface area (Å²) >= 11 is 0. The summed E-state index contributed by atoms with van der Waals surface area (Å²) in [6.45, 7) is 3.82. The molecule has 3 aromatic rings. The number of anilines is 2. The average molecular weight is 293 g/mol. The largest absolute Gasteiger partial charge is 0.424 e. The number of nitrogens with zero attached hydrogens (tertiary/aromatic N) is 4. The van der Waals surface area contributed by atoms with Gasteiger partial charge in [0.2, 0.25) is 5.95 Å². The fraction of sp³-hybridized carbons (Fsp3) is 0.125. The van der Waals surface area contributed by atoms with Crippen LogP contribution in [0.3, 0.4) is 0 Å². The molecule has 0 aliphatic rings. The zero-order valence-electron chi connectivity index (χ0n) is 12.3. The van der Waals surface area contributed by atoms with Crippen LogP contribution >= 0.6 is 0 Å². The third-order valence-corrected chi connectivity index (χ3v) is 2.83. The number of rotatable bonds is 4. The van der Waals surface area contributed by atoms with Crippen molar-refractivity contribution in [2.24, 2.45) is 0 Å². The molecule has 22 heavy (non-hydrogen) atoms. The first-order valence-electron chi connectivity index (χ1n) is 6.83. The van der Waals surface area contributed by atoms with Crippen LogP contribution in [0.25, 0.3) is 0 Å². The minimum absolute atomic E-state index is 0.339. The van der Waals surface area contributed by atoms with E-state index in [0.29, 0.717) is 17.7 Å². The van der Waals surface area contributed by atoms with Crippen LogP contribution in [0.2, 0.25) is 0 Å². The lowest BCUT2D eigenvalue weighted by Crippen LogP contribution is -1.98. The lowest BCUT2D eigenvalue weighted by atomic mass is 10.3. The molecule has 1 aromatic carbocycles. The second-order valence-electron chi connectivity index (χ2n) is 4.76. The van der Waals surface area contributed by atoms with Gasteiger partial charge in [0.1, 0.15) is 5.75 Å². The highest BCUT2D eigenvalue weighted by Crippen LogP contribution is 2.23. The molecule has 2 aromatic heterocycles. The van der Waals surface area contributed by atoms with E-state index in [9.17, 15) is 0 Å². The van der Waals surface area contributed by atoms with Gasteiger partial charge < -0.3 is 10.1 Å². The Morgan fingerprint density at radius 3 is 2.36 bits per heavy atom. The molecule has 3 rings (SSSR count). The zero-order valence-corrected chi connectivity index (χ0v) is 12.3. The summed E-state index contributed by atoms with van der Waals surface area (Å²) in [6.07, 6.45) is 3.36. The minimum Gasteiger partial charge on any atom is -0.424 e. The number of ether oxygens (including phenoxy) is 1. The summed E-state index contributed by atoms with van der Waals surface area (Å²) in [5.74, 6) is 1.17. The van der Waals surface area contributed by atoms with Gasteiger partial charge in [-0.2, -0.15) is 0 Å². The molecule has 0 atom stereocenters. The average Bonchev–Trinajstić information content (AvgIpc) is 2.47. The first-order chi connectivity index (χ1) is 10.7. The van der Waals surface area contributed by atoms with E-state index in [1.807, 2.05) is 44.2 Å². The van der Waals surface area contributed by atoms with Gasteiger partial charge in [-0.3, -0.25) is 0 Å². The Balaban J connectivity index is 1.79. The van der Waals surface area contributed by atoms with E-state index >= 15 is 0 Å². The highest BCUT2D eigenvalue weighted by molar-refractivity contribution is 5.55. The predicted molar refractivity (Wildman–Crippen MR) is 83.3 cm³/mol. The molecule has 0 fully saturated rings. The van der Waals surface area contributed by atoms with Crippen LogP contribution in [-0.4, -0.2) is 19.9 Å². The van der Waals surface area contributed by atoms with Crippen molar-refractivity contribution in [2.75, 3.05) is 5.32 Å². The van der Waals surface area contributed by atoms with Crippen molar-refractivity contribution in [1.82, 2.24) is 19.9 Å². The Bertz CT molecular complexity index is 756. The molecule has 0 radical (unpaired) electrons. The molecule has 0 saturated carbocycles. The summed E-state index contributed by atoms with van der Waals surface area (Å²) in [7, 11) is 0. The van der Waals surface area contributed by atoms with Gasteiger partial charge >= 0.3 is 6.01 Å². The summed E-state index contributed by atoms with van der Waals surface area (Å²) in [5.41, 5.74) is 2.57. The molecule has 110 valence electrons. The second-order valence-corrected chi connectivity index (χ2v) is 4.76. The topological polar surface area (TPSA) is 72.8 Å². The Morgan fingerprint density at radius 2 is 1.64 bits per heavy atom. The Morgan fingerprint density at radius 1 is 0.909 bits per heavy atom. The molecule has 6 nitrogen and oxygen atoms in total. The van der Waals surface area contributed by atoms with Gasteiger partial charge in [0, 0.05) is 35.5 Å². The van der Waals surface area contributed by atoms with E-state index < -0.39 is 0 Å². The van der Waals surface area contributed by atoms with Crippen LogP contribution in [-0.2, 0) is 0 Å². The van der Waals surface area contributed by atoms with E-state index in [4.69, 9.17) is 4.74 Å².